The third kappa shape index (κ3) is 8.35. The fraction of sp³-hybridized carbons (Fsp3) is 0.538. The normalized spacial score (nSPS) is 13.7. The van der Waals surface area contributed by atoms with Crippen LogP contribution in [0.3, 0.4) is 0 Å². The Balaban J connectivity index is 3.05. The smallest absolute Gasteiger partial charge is 0.333 e. The molecule has 9 heteroatoms. The van der Waals surface area contributed by atoms with Crippen LogP contribution in [-0.2, 0) is 29.3 Å². The monoisotopic (exact) mass is 485 g/mol. The van der Waals surface area contributed by atoms with E-state index in [1.807, 2.05) is 58.0 Å². The lowest BCUT2D eigenvalue weighted by Gasteiger charge is -2.39. The van der Waals surface area contributed by atoms with Gasteiger partial charge in [-0.1, -0.05) is 64.1 Å². The Morgan fingerprint density at radius 2 is 1.74 bits per heavy atom. The van der Waals surface area contributed by atoms with Crippen molar-refractivity contribution in [1.82, 2.24) is 15.0 Å². The highest BCUT2D eigenvalue weighted by atomic mass is 16.5. The molecular weight excluding hydrogens is 445 g/mol. The highest BCUT2D eigenvalue weighted by molar-refractivity contribution is 6.64. The van der Waals surface area contributed by atoms with Gasteiger partial charge in [-0.25, -0.2) is 4.79 Å². The fourth-order valence-corrected chi connectivity index (χ4v) is 4.20. The molecule has 0 bridgehead atoms. The first-order valence-electron chi connectivity index (χ1n) is 12.0. The number of benzene rings is 1. The average molecular weight is 485 g/mol. The van der Waals surface area contributed by atoms with Crippen LogP contribution in [0, 0.1) is 5.92 Å². The van der Waals surface area contributed by atoms with Crippen LogP contribution in [-0.4, -0.2) is 80.4 Å². The summed E-state index contributed by atoms with van der Waals surface area (Å²) in [6.07, 6.45) is 2.48. The Morgan fingerprint density at radius 1 is 1.14 bits per heavy atom. The summed E-state index contributed by atoms with van der Waals surface area (Å²) in [5, 5.41) is 2.77. The lowest BCUT2D eigenvalue weighted by Crippen LogP contribution is -2.57. The largest absolute Gasteiger partial charge is 0.463 e. The molecule has 35 heavy (non-hydrogen) atoms. The molecular formula is C26H40BN3O5. The number of hydrogen-bond acceptors (Lipinski definition) is 6. The summed E-state index contributed by atoms with van der Waals surface area (Å²) in [4.78, 5) is 52.8. The number of nitrogens with zero attached hydrogens (tertiary/aromatic N) is 2. The molecule has 0 aliphatic carbocycles. The van der Waals surface area contributed by atoms with Crippen molar-refractivity contribution in [3.63, 3.8) is 0 Å². The van der Waals surface area contributed by atoms with Gasteiger partial charge >= 0.3 is 5.97 Å². The Bertz CT molecular complexity index is 902. The van der Waals surface area contributed by atoms with E-state index in [9.17, 15) is 19.2 Å². The van der Waals surface area contributed by atoms with Gasteiger partial charge in [0.1, 0.15) is 0 Å². The third-order valence-electron chi connectivity index (χ3n) is 6.21. The van der Waals surface area contributed by atoms with Crippen molar-refractivity contribution in [2.75, 3.05) is 27.2 Å². The Labute approximate surface area is 210 Å². The average Bonchev–Trinajstić information content (AvgIpc) is 2.80. The zero-order valence-corrected chi connectivity index (χ0v) is 22.3. The van der Waals surface area contributed by atoms with E-state index in [2.05, 4.69) is 5.32 Å². The maximum Gasteiger partial charge on any atom is 0.333 e. The highest BCUT2D eigenvalue weighted by Gasteiger charge is 2.39. The van der Waals surface area contributed by atoms with Crippen molar-refractivity contribution in [1.29, 1.82) is 0 Å². The molecule has 1 aromatic carbocycles. The summed E-state index contributed by atoms with van der Waals surface area (Å²) < 4.78 is 5.04. The van der Waals surface area contributed by atoms with Crippen molar-refractivity contribution < 1.29 is 23.9 Å². The number of likely N-dealkylation sites (N-methyl/N-ethyl adjacent to an activating group) is 2. The zero-order chi connectivity index (χ0) is 26.8. The van der Waals surface area contributed by atoms with E-state index in [4.69, 9.17) is 4.74 Å². The fourth-order valence-electron chi connectivity index (χ4n) is 4.20. The van der Waals surface area contributed by atoms with E-state index in [1.54, 1.807) is 38.8 Å². The second-order valence-electron chi connectivity index (χ2n) is 9.62. The van der Waals surface area contributed by atoms with Crippen LogP contribution >= 0.6 is 0 Å². The number of esters is 1. The second-order valence-corrected chi connectivity index (χ2v) is 9.62. The topological polar surface area (TPSA) is 96.0 Å². The number of amides is 2. The maximum absolute atomic E-state index is 13.3. The quantitative estimate of drug-likeness (QED) is 0.199. The van der Waals surface area contributed by atoms with Crippen LogP contribution in [0.2, 0.25) is 0 Å². The molecule has 0 aliphatic rings. The van der Waals surface area contributed by atoms with Gasteiger partial charge in [-0.2, -0.15) is 0 Å². The van der Waals surface area contributed by atoms with Crippen molar-refractivity contribution in [3.8, 4) is 0 Å². The van der Waals surface area contributed by atoms with E-state index < -0.39 is 17.4 Å². The van der Waals surface area contributed by atoms with E-state index >= 15 is 0 Å². The van der Waals surface area contributed by atoms with Crippen molar-refractivity contribution in [2.45, 2.75) is 59.0 Å². The van der Waals surface area contributed by atoms with Gasteiger partial charge in [0.05, 0.1) is 31.4 Å². The molecule has 0 saturated carbocycles. The predicted molar refractivity (Wildman–Crippen MR) is 140 cm³/mol. The molecule has 1 rings (SSSR count). The first-order valence-corrected chi connectivity index (χ1v) is 12.0. The van der Waals surface area contributed by atoms with Crippen LogP contribution < -0.4 is 5.32 Å². The number of rotatable bonds is 13. The molecule has 8 nitrogen and oxygen atoms in total. The molecule has 0 aliphatic heterocycles. The molecule has 0 spiro atoms. The Hall–Kier alpha value is -2.94. The summed E-state index contributed by atoms with van der Waals surface area (Å²) in [5.41, 5.74) is 0.744. The summed E-state index contributed by atoms with van der Waals surface area (Å²) in [6, 6.07) is 8.57. The second kappa shape index (κ2) is 13.8. The van der Waals surface area contributed by atoms with Crippen LogP contribution in [0.15, 0.2) is 42.0 Å². The van der Waals surface area contributed by atoms with Gasteiger partial charge < -0.3 is 24.6 Å². The van der Waals surface area contributed by atoms with E-state index in [1.165, 1.54) is 4.90 Å². The molecule has 2 amide bonds. The molecule has 192 valence electrons. The lowest BCUT2D eigenvalue weighted by molar-refractivity contribution is -0.138. The first-order chi connectivity index (χ1) is 16.4. The van der Waals surface area contributed by atoms with Gasteiger partial charge in [-0.15, -0.1) is 0 Å². The van der Waals surface area contributed by atoms with Gasteiger partial charge in [0.25, 0.3) is 7.41 Å². The Kier molecular flexibility index (Phi) is 11.9. The SMILES string of the molecule is CCOC(=O)/C(C)=C/[C@H](C(C)C)N(C)C(=O)CNC(=O)[C@@H](N(C)BC=O)C(C)(C)c1ccccc1. The maximum atomic E-state index is 13.3. The molecule has 1 aromatic rings. The van der Waals surface area contributed by atoms with Crippen molar-refractivity contribution >= 4 is 31.4 Å². The summed E-state index contributed by atoms with van der Waals surface area (Å²) in [6.45, 7) is 11.3. The number of ether oxygens (including phenoxy) is 1. The van der Waals surface area contributed by atoms with Gasteiger partial charge in [-0.3, -0.25) is 9.59 Å². The summed E-state index contributed by atoms with van der Waals surface area (Å²) in [7, 11) is 3.45. The van der Waals surface area contributed by atoms with E-state index in [0.29, 0.717) is 5.57 Å². The zero-order valence-electron chi connectivity index (χ0n) is 22.3. The minimum atomic E-state index is -0.681. The molecule has 0 saturated heterocycles. The number of carbonyl (C=O) groups excluding carboxylic acids is 4. The van der Waals surface area contributed by atoms with E-state index in [0.717, 1.165) is 11.7 Å². The number of nitrogens with one attached hydrogen (secondary N) is 1. The minimum Gasteiger partial charge on any atom is -0.463 e. The van der Waals surface area contributed by atoms with Crippen LogP contribution in [0.5, 0.6) is 0 Å². The third-order valence-corrected chi connectivity index (χ3v) is 6.21. The molecule has 0 heterocycles. The summed E-state index contributed by atoms with van der Waals surface area (Å²) >= 11 is 0. The lowest BCUT2D eigenvalue weighted by atomic mass is 9.73. The van der Waals surface area contributed by atoms with Crippen LogP contribution in [0.25, 0.3) is 0 Å². The number of hydrogen-bond donors (Lipinski definition) is 1. The standard InChI is InChI=1S/C26H40BN3O5/c1-9-35-25(34)19(4)15-21(18(2)3)29(7)22(32)16-28-24(33)23(30(8)27-17-31)26(5,6)20-13-11-10-12-14-20/h10-15,17-18,21,23,27H,9,16H2,1-8H3,(H,28,33)/b19-15+/t21-,23-/m1/s1. The van der Waals surface area contributed by atoms with Crippen LogP contribution in [0.1, 0.15) is 47.1 Å². The van der Waals surface area contributed by atoms with Gasteiger partial charge in [0.2, 0.25) is 11.8 Å². The molecule has 1 N–H and O–H groups in total. The van der Waals surface area contributed by atoms with Crippen molar-refractivity contribution in [3.05, 3.63) is 47.5 Å². The Morgan fingerprint density at radius 3 is 2.26 bits per heavy atom. The summed E-state index contributed by atoms with van der Waals surface area (Å²) in [5.74, 6) is -1.02. The first kappa shape index (κ1) is 30.1. The minimum absolute atomic E-state index is 0.0347. The van der Waals surface area contributed by atoms with Crippen LogP contribution in [0.4, 0.5) is 0 Å². The van der Waals surface area contributed by atoms with E-state index in [-0.39, 0.29) is 44.3 Å². The van der Waals surface area contributed by atoms with Gasteiger partial charge in [0.15, 0.2) is 0 Å². The van der Waals surface area contributed by atoms with Gasteiger partial charge in [0, 0.05) is 18.0 Å². The molecule has 0 unspecified atom stereocenters. The highest BCUT2D eigenvalue weighted by Crippen LogP contribution is 2.30. The molecule has 0 fully saturated rings. The predicted octanol–water partition coefficient (Wildman–Crippen LogP) is 1.91. The van der Waals surface area contributed by atoms with Crippen molar-refractivity contribution in [2.24, 2.45) is 5.92 Å². The molecule has 0 aromatic heterocycles. The molecule has 2 atom stereocenters. The molecule has 0 radical (unpaired) electrons. The van der Waals surface area contributed by atoms with Gasteiger partial charge in [-0.05, 0) is 32.4 Å². The number of carbonyl (C=O) groups is 4.